The number of amides is 1. The van der Waals surface area contributed by atoms with Gasteiger partial charge in [-0.25, -0.2) is 9.59 Å². The maximum atomic E-state index is 12.6. The molecule has 0 aromatic heterocycles. The number of ether oxygens (including phenoxy) is 4. The third-order valence-corrected chi connectivity index (χ3v) is 12.3. The van der Waals surface area contributed by atoms with Gasteiger partial charge in [-0.2, -0.15) is 0 Å². The molecule has 1 N–H and O–H groups in total. The largest absolute Gasteiger partial charge is 0.508 e. The summed E-state index contributed by atoms with van der Waals surface area (Å²) in [6, 6.07) is 0. The van der Waals surface area contributed by atoms with Gasteiger partial charge < -0.3 is 29.2 Å². The van der Waals surface area contributed by atoms with Crippen molar-refractivity contribution in [2.24, 2.45) is 5.92 Å². The van der Waals surface area contributed by atoms with E-state index in [2.05, 4.69) is 37.9 Å². The van der Waals surface area contributed by atoms with Crippen molar-refractivity contribution in [3.05, 3.63) is 0 Å². The lowest BCUT2D eigenvalue weighted by Crippen LogP contribution is -2.35. The van der Waals surface area contributed by atoms with Gasteiger partial charge in [-0.3, -0.25) is 4.79 Å². The minimum absolute atomic E-state index is 0.0117. The Morgan fingerprint density at radius 2 is 0.905 bits per heavy atom. The topological polar surface area (TPSA) is 103 Å². The lowest BCUT2D eigenvalue weighted by molar-refractivity contribution is -0.145. The summed E-state index contributed by atoms with van der Waals surface area (Å²) in [5.74, 6) is 0.450. The third kappa shape index (κ3) is 44.9. The van der Waals surface area contributed by atoms with Crippen molar-refractivity contribution >= 4 is 18.2 Å². The van der Waals surface area contributed by atoms with E-state index in [1.807, 2.05) is 20.8 Å². The zero-order valence-corrected chi connectivity index (χ0v) is 43.0. The van der Waals surface area contributed by atoms with E-state index >= 15 is 0 Å². The number of rotatable bonds is 46. The Bertz CT molecular complexity index is 1020. The molecular formula is C54H106N2O7. The molecule has 9 nitrogen and oxygen atoms in total. The van der Waals surface area contributed by atoms with Crippen molar-refractivity contribution in [1.82, 2.24) is 10.2 Å². The number of carbonyl (C=O) groups is 3. The Labute approximate surface area is 390 Å². The lowest BCUT2D eigenvalue weighted by Gasteiger charge is -2.23. The summed E-state index contributed by atoms with van der Waals surface area (Å²) in [5.41, 5.74) is -0.492. The Morgan fingerprint density at radius 3 is 1.40 bits per heavy atom. The average molecular weight is 895 g/mol. The molecule has 0 heterocycles. The van der Waals surface area contributed by atoms with Crippen LogP contribution in [0, 0.1) is 5.92 Å². The highest BCUT2D eigenvalue weighted by atomic mass is 16.7. The second-order valence-electron chi connectivity index (χ2n) is 19.7. The van der Waals surface area contributed by atoms with E-state index in [4.69, 9.17) is 18.9 Å². The molecule has 9 heteroatoms. The second kappa shape index (κ2) is 45.1. The van der Waals surface area contributed by atoms with Crippen molar-refractivity contribution in [2.75, 3.05) is 39.4 Å². The summed E-state index contributed by atoms with van der Waals surface area (Å²) in [6.45, 7) is 19.3. The molecule has 0 fully saturated rings. The van der Waals surface area contributed by atoms with Crippen molar-refractivity contribution < 1.29 is 33.3 Å². The number of carbonyl (C=O) groups excluding carboxylic acids is 3. The Kier molecular flexibility index (Phi) is 43.7. The predicted octanol–water partition coefficient (Wildman–Crippen LogP) is 16.2. The van der Waals surface area contributed by atoms with E-state index in [-0.39, 0.29) is 18.2 Å². The first-order valence-electron chi connectivity index (χ1n) is 27.2. The SMILES string of the molecule is CCCCCCCCCCCC(CCCCCC)OC(=O)OCCCCCCCCN(CCCCCCCCOC(=O)CC(CC)CCCCCC)CCCNC(=O)OC(C)(C)C. The van der Waals surface area contributed by atoms with Crippen LogP contribution in [0.3, 0.4) is 0 Å². The lowest BCUT2D eigenvalue weighted by atomic mass is 9.95. The quantitative estimate of drug-likeness (QED) is 0.0366. The number of nitrogens with one attached hydrogen (secondary N) is 1. The molecule has 374 valence electrons. The highest BCUT2D eigenvalue weighted by Gasteiger charge is 2.17. The molecule has 0 aromatic carbocycles. The van der Waals surface area contributed by atoms with Crippen LogP contribution in [-0.4, -0.2) is 74.2 Å². The van der Waals surface area contributed by atoms with Gasteiger partial charge in [0.15, 0.2) is 0 Å². The first-order chi connectivity index (χ1) is 30.5. The third-order valence-electron chi connectivity index (χ3n) is 12.3. The van der Waals surface area contributed by atoms with Gasteiger partial charge in [-0.15, -0.1) is 0 Å². The molecule has 0 rings (SSSR count). The summed E-state index contributed by atoms with van der Waals surface area (Å²) in [7, 11) is 0. The maximum absolute atomic E-state index is 12.6. The van der Waals surface area contributed by atoms with Crippen molar-refractivity contribution in [3.8, 4) is 0 Å². The molecule has 0 aliphatic heterocycles. The summed E-state index contributed by atoms with van der Waals surface area (Å²) in [4.78, 5) is 39.6. The Balaban J connectivity index is 4.39. The molecule has 0 aliphatic carbocycles. The van der Waals surface area contributed by atoms with Crippen LogP contribution in [-0.2, 0) is 23.7 Å². The fourth-order valence-electron chi connectivity index (χ4n) is 8.29. The van der Waals surface area contributed by atoms with Gasteiger partial charge in [0.2, 0.25) is 0 Å². The molecule has 0 aliphatic rings. The summed E-state index contributed by atoms with van der Waals surface area (Å²) in [6.07, 6.45) is 39.7. The van der Waals surface area contributed by atoms with Gasteiger partial charge in [-0.1, -0.05) is 182 Å². The van der Waals surface area contributed by atoms with E-state index in [9.17, 15) is 14.4 Å². The Hall–Kier alpha value is -2.03. The van der Waals surface area contributed by atoms with Crippen LogP contribution in [0.25, 0.3) is 0 Å². The van der Waals surface area contributed by atoms with Crippen molar-refractivity contribution in [2.45, 2.75) is 285 Å². The zero-order valence-electron chi connectivity index (χ0n) is 43.0. The van der Waals surface area contributed by atoms with Gasteiger partial charge in [0.1, 0.15) is 11.7 Å². The fraction of sp³-hybridized carbons (Fsp3) is 0.944. The molecule has 0 spiro atoms. The first kappa shape index (κ1) is 61.0. The predicted molar refractivity (Wildman–Crippen MR) is 266 cm³/mol. The normalized spacial score (nSPS) is 12.6. The highest BCUT2D eigenvalue weighted by molar-refractivity contribution is 5.69. The summed E-state index contributed by atoms with van der Waals surface area (Å²) in [5, 5.41) is 2.92. The monoisotopic (exact) mass is 895 g/mol. The van der Waals surface area contributed by atoms with E-state index in [0.29, 0.717) is 32.1 Å². The molecule has 2 unspecified atom stereocenters. The van der Waals surface area contributed by atoms with Crippen LogP contribution in [0.5, 0.6) is 0 Å². The van der Waals surface area contributed by atoms with Crippen LogP contribution >= 0.6 is 0 Å². The summed E-state index contributed by atoms with van der Waals surface area (Å²) < 4.78 is 22.4. The minimum Gasteiger partial charge on any atom is -0.466 e. The van der Waals surface area contributed by atoms with Gasteiger partial charge >= 0.3 is 18.2 Å². The molecule has 63 heavy (non-hydrogen) atoms. The number of esters is 1. The standard InChI is InChI=1S/C54H106N2O7/c1-8-12-15-18-19-20-21-26-33-41-50(40-32-17-14-10-3)62-53(59)61-47-37-30-25-23-28-35-44-56(45-38-42-55-52(58)63-54(5,6)7)43-34-27-22-24-29-36-46-60-51(57)48-49(11-4)39-31-16-13-9-2/h49-50H,8-48H2,1-7H3,(H,55,58). The highest BCUT2D eigenvalue weighted by Crippen LogP contribution is 2.20. The molecule has 0 saturated heterocycles. The molecule has 2 atom stereocenters. The molecule has 0 saturated carbocycles. The van der Waals surface area contributed by atoms with Crippen LogP contribution < -0.4 is 5.32 Å². The molecule has 0 bridgehead atoms. The van der Waals surface area contributed by atoms with Crippen LogP contribution in [0.15, 0.2) is 0 Å². The molecule has 1 amide bonds. The fourth-order valence-corrected chi connectivity index (χ4v) is 8.29. The number of nitrogens with zero attached hydrogens (tertiary/aromatic N) is 1. The number of alkyl carbamates (subject to hydrolysis) is 1. The zero-order chi connectivity index (χ0) is 46.5. The second-order valence-corrected chi connectivity index (χ2v) is 19.7. The van der Waals surface area contributed by atoms with Gasteiger partial charge in [0, 0.05) is 13.0 Å². The first-order valence-corrected chi connectivity index (χ1v) is 27.2. The number of hydrogen-bond donors (Lipinski definition) is 1. The number of unbranched alkanes of at least 4 members (excludes halogenated alkanes) is 24. The van der Waals surface area contributed by atoms with Crippen molar-refractivity contribution in [1.29, 1.82) is 0 Å². The Morgan fingerprint density at radius 1 is 0.492 bits per heavy atom. The molecular weight excluding hydrogens is 789 g/mol. The molecule has 0 radical (unpaired) electrons. The van der Waals surface area contributed by atoms with E-state index in [1.54, 1.807) is 0 Å². The van der Waals surface area contributed by atoms with Crippen LogP contribution in [0.4, 0.5) is 9.59 Å². The van der Waals surface area contributed by atoms with E-state index < -0.39 is 11.8 Å². The van der Waals surface area contributed by atoms with Gasteiger partial charge in [0.25, 0.3) is 0 Å². The van der Waals surface area contributed by atoms with Gasteiger partial charge in [0.05, 0.1) is 13.2 Å². The average Bonchev–Trinajstić information content (AvgIpc) is 3.24. The van der Waals surface area contributed by atoms with Crippen LogP contribution in [0.2, 0.25) is 0 Å². The van der Waals surface area contributed by atoms with E-state index in [0.717, 1.165) is 103 Å². The van der Waals surface area contributed by atoms with Crippen LogP contribution in [0.1, 0.15) is 273 Å². The maximum Gasteiger partial charge on any atom is 0.508 e. The summed E-state index contributed by atoms with van der Waals surface area (Å²) >= 11 is 0. The number of hydrogen-bond acceptors (Lipinski definition) is 8. The minimum atomic E-state index is -0.492. The molecule has 0 aromatic rings. The smallest absolute Gasteiger partial charge is 0.466 e. The van der Waals surface area contributed by atoms with Crippen molar-refractivity contribution in [3.63, 3.8) is 0 Å². The van der Waals surface area contributed by atoms with Gasteiger partial charge in [-0.05, 0) is 111 Å². The van der Waals surface area contributed by atoms with E-state index in [1.165, 1.54) is 135 Å².